The number of nitrogens with one attached hydrogen (secondary N) is 1. The van der Waals surface area contributed by atoms with E-state index in [4.69, 9.17) is 16.0 Å². The summed E-state index contributed by atoms with van der Waals surface area (Å²) in [6.07, 6.45) is -3.25. The van der Waals surface area contributed by atoms with Crippen LogP contribution in [0.4, 0.5) is 18.9 Å². The third-order valence-corrected chi connectivity index (χ3v) is 2.60. The molecule has 2 aromatic rings. The quantitative estimate of drug-likeness (QED) is 0.900. The summed E-state index contributed by atoms with van der Waals surface area (Å²) in [6, 6.07) is 5.63. The summed E-state index contributed by atoms with van der Waals surface area (Å²) in [4.78, 5) is 11.7. The molecule has 19 heavy (non-hydrogen) atoms. The van der Waals surface area contributed by atoms with Gasteiger partial charge in [0.15, 0.2) is 0 Å². The van der Waals surface area contributed by atoms with E-state index in [0.717, 1.165) is 12.1 Å². The Labute approximate surface area is 111 Å². The molecule has 3 nitrogen and oxygen atoms in total. The zero-order valence-corrected chi connectivity index (χ0v) is 10.0. The molecule has 0 saturated carbocycles. The summed E-state index contributed by atoms with van der Waals surface area (Å²) in [5, 5.41) is 2.19. The average Bonchev–Trinajstić information content (AvgIpc) is 2.75. The highest BCUT2D eigenvalue weighted by Crippen LogP contribution is 2.30. The third kappa shape index (κ3) is 3.08. The number of amides is 1. The minimum absolute atomic E-state index is 0.0251. The van der Waals surface area contributed by atoms with Gasteiger partial charge in [0.05, 0.1) is 17.4 Å². The predicted molar refractivity (Wildman–Crippen MR) is 63.1 cm³/mol. The van der Waals surface area contributed by atoms with Crippen LogP contribution in [0.5, 0.6) is 0 Å². The van der Waals surface area contributed by atoms with E-state index in [9.17, 15) is 18.0 Å². The minimum Gasteiger partial charge on any atom is -0.452 e. The van der Waals surface area contributed by atoms with E-state index in [0.29, 0.717) is 0 Å². The fourth-order valence-corrected chi connectivity index (χ4v) is 1.63. The highest BCUT2D eigenvalue weighted by atomic mass is 35.5. The van der Waals surface area contributed by atoms with E-state index in [2.05, 4.69) is 5.32 Å². The Kier molecular flexibility index (Phi) is 3.53. The van der Waals surface area contributed by atoms with Crippen LogP contribution in [-0.2, 0) is 6.18 Å². The van der Waals surface area contributed by atoms with Gasteiger partial charge in [0.2, 0.25) is 5.22 Å². The SMILES string of the molecule is O=C(Nc1cccc(C(F)(F)F)c1)c1ccoc1Cl. The summed E-state index contributed by atoms with van der Waals surface area (Å²) in [6.45, 7) is 0. The lowest BCUT2D eigenvalue weighted by atomic mass is 10.2. The van der Waals surface area contributed by atoms with Gasteiger partial charge >= 0.3 is 6.18 Å². The van der Waals surface area contributed by atoms with Crippen LogP contribution >= 0.6 is 11.6 Å². The molecule has 0 bridgehead atoms. The van der Waals surface area contributed by atoms with Crippen LogP contribution in [0.1, 0.15) is 15.9 Å². The summed E-state index contributed by atoms with van der Waals surface area (Å²) >= 11 is 5.60. The Morgan fingerprint density at radius 2 is 2.00 bits per heavy atom. The number of alkyl halides is 3. The fourth-order valence-electron chi connectivity index (χ4n) is 1.43. The lowest BCUT2D eigenvalue weighted by molar-refractivity contribution is -0.137. The predicted octanol–water partition coefficient (Wildman–Crippen LogP) is 4.20. The van der Waals surface area contributed by atoms with Crippen molar-refractivity contribution in [2.75, 3.05) is 5.32 Å². The van der Waals surface area contributed by atoms with E-state index < -0.39 is 17.6 Å². The van der Waals surface area contributed by atoms with Crippen molar-refractivity contribution < 1.29 is 22.4 Å². The zero-order chi connectivity index (χ0) is 14.0. The van der Waals surface area contributed by atoms with E-state index in [-0.39, 0.29) is 16.5 Å². The molecular formula is C12H7ClF3NO2. The monoisotopic (exact) mass is 289 g/mol. The Morgan fingerprint density at radius 1 is 1.26 bits per heavy atom. The molecule has 1 aromatic heterocycles. The normalized spacial score (nSPS) is 11.4. The molecule has 1 N–H and O–H groups in total. The van der Waals surface area contributed by atoms with Crippen LogP contribution in [-0.4, -0.2) is 5.91 Å². The number of carbonyl (C=O) groups excluding carboxylic acids is 1. The van der Waals surface area contributed by atoms with Gasteiger partial charge in [0.25, 0.3) is 5.91 Å². The lowest BCUT2D eigenvalue weighted by Crippen LogP contribution is -2.12. The van der Waals surface area contributed by atoms with Crippen molar-refractivity contribution in [1.29, 1.82) is 0 Å². The maximum absolute atomic E-state index is 12.5. The molecule has 100 valence electrons. The van der Waals surface area contributed by atoms with Gasteiger partial charge in [-0.1, -0.05) is 6.07 Å². The maximum atomic E-state index is 12.5. The fraction of sp³-hybridized carbons (Fsp3) is 0.0833. The first kappa shape index (κ1) is 13.5. The van der Waals surface area contributed by atoms with Crippen LogP contribution < -0.4 is 5.32 Å². The number of hydrogen-bond acceptors (Lipinski definition) is 2. The molecule has 0 atom stereocenters. The molecule has 1 aromatic carbocycles. The van der Waals surface area contributed by atoms with E-state index in [1.165, 1.54) is 24.5 Å². The van der Waals surface area contributed by atoms with E-state index in [1.807, 2.05) is 0 Å². The second-order valence-electron chi connectivity index (χ2n) is 3.64. The number of carbonyl (C=O) groups is 1. The van der Waals surface area contributed by atoms with Crippen molar-refractivity contribution in [3.63, 3.8) is 0 Å². The minimum atomic E-state index is -4.46. The lowest BCUT2D eigenvalue weighted by Gasteiger charge is -2.09. The van der Waals surface area contributed by atoms with Crippen LogP contribution in [0.3, 0.4) is 0 Å². The maximum Gasteiger partial charge on any atom is 0.416 e. The third-order valence-electron chi connectivity index (χ3n) is 2.31. The van der Waals surface area contributed by atoms with Crippen LogP contribution in [0.2, 0.25) is 5.22 Å². The van der Waals surface area contributed by atoms with Gasteiger partial charge < -0.3 is 9.73 Å². The molecule has 0 radical (unpaired) electrons. The number of rotatable bonds is 2. The Bertz CT molecular complexity index is 607. The summed E-state index contributed by atoms with van der Waals surface area (Å²) < 4.78 is 42.2. The molecule has 2 rings (SSSR count). The number of benzene rings is 1. The molecular weight excluding hydrogens is 283 g/mol. The molecule has 1 heterocycles. The van der Waals surface area contributed by atoms with Gasteiger partial charge in [0, 0.05) is 5.69 Å². The molecule has 0 saturated heterocycles. The molecule has 1 amide bonds. The molecule has 0 spiro atoms. The average molecular weight is 290 g/mol. The zero-order valence-electron chi connectivity index (χ0n) is 9.29. The first-order valence-electron chi connectivity index (χ1n) is 5.09. The number of hydrogen-bond donors (Lipinski definition) is 1. The van der Waals surface area contributed by atoms with Crippen LogP contribution in [0, 0.1) is 0 Å². The molecule has 7 heteroatoms. The van der Waals surface area contributed by atoms with Crippen molar-refractivity contribution in [3.05, 3.63) is 52.9 Å². The van der Waals surface area contributed by atoms with Gasteiger partial charge in [-0.3, -0.25) is 4.79 Å². The van der Waals surface area contributed by atoms with Crippen LogP contribution in [0.25, 0.3) is 0 Å². The standard InChI is InChI=1S/C12H7ClF3NO2/c13-10-9(4-5-19-10)11(18)17-8-3-1-2-7(6-8)12(14,15)16/h1-6H,(H,17,18). The van der Waals surface area contributed by atoms with Gasteiger partial charge in [-0.15, -0.1) is 0 Å². The van der Waals surface area contributed by atoms with Crippen molar-refractivity contribution in [2.24, 2.45) is 0 Å². The van der Waals surface area contributed by atoms with Gasteiger partial charge in [-0.2, -0.15) is 13.2 Å². The Hall–Kier alpha value is -1.95. The topological polar surface area (TPSA) is 42.2 Å². The molecule has 0 aliphatic carbocycles. The summed E-state index contributed by atoms with van der Waals surface area (Å²) in [5.74, 6) is -0.641. The van der Waals surface area contributed by atoms with Crippen molar-refractivity contribution in [1.82, 2.24) is 0 Å². The van der Waals surface area contributed by atoms with Gasteiger partial charge in [-0.25, -0.2) is 0 Å². The second kappa shape index (κ2) is 4.97. The Balaban J connectivity index is 2.21. The van der Waals surface area contributed by atoms with Crippen molar-refractivity contribution in [2.45, 2.75) is 6.18 Å². The largest absolute Gasteiger partial charge is 0.452 e. The second-order valence-corrected chi connectivity index (χ2v) is 3.98. The van der Waals surface area contributed by atoms with Gasteiger partial charge in [-0.05, 0) is 35.9 Å². The smallest absolute Gasteiger partial charge is 0.416 e. The van der Waals surface area contributed by atoms with E-state index in [1.54, 1.807) is 0 Å². The molecule has 0 aliphatic heterocycles. The molecule has 0 aliphatic rings. The Morgan fingerprint density at radius 3 is 2.58 bits per heavy atom. The molecule has 0 unspecified atom stereocenters. The number of anilines is 1. The summed E-state index contributed by atoms with van der Waals surface area (Å²) in [5.41, 5.74) is -0.764. The van der Waals surface area contributed by atoms with Crippen molar-refractivity contribution in [3.8, 4) is 0 Å². The van der Waals surface area contributed by atoms with Crippen molar-refractivity contribution >= 4 is 23.2 Å². The van der Waals surface area contributed by atoms with E-state index >= 15 is 0 Å². The highest BCUT2D eigenvalue weighted by Gasteiger charge is 2.30. The number of halogens is 4. The van der Waals surface area contributed by atoms with Crippen LogP contribution in [0.15, 0.2) is 41.0 Å². The summed E-state index contributed by atoms with van der Waals surface area (Å²) in [7, 11) is 0. The number of furan rings is 1. The first-order chi connectivity index (χ1) is 8.88. The van der Waals surface area contributed by atoms with Gasteiger partial charge in [0.1, 0.15) is 0 Å². The first-order valence-corrected chi connectivity index (χ1v) is 5.47. The highest BCUT2D eigenvalue weighted by molar-refractivity contribution is 6.32. The molecule has 0 fully saturated rings.